The lowest BCUT2D eigenvalue weighted by molar-refractivity contribution is 0.102. The van der Waals surface area contributed by atoms with Crippen molar-refractivity contribution >= 4 is 28.2 Å². The summed E-state index contributed by atoms with van der Waals surface area (Å²) in [6, 6.07) is 10.5. The Bertz CT molecular complexity index is 1330. The Morgan fingerprint density at radius 1 is 1.12 bits per heavy atom. The number of aromatic amines is 1. The van der Waals surface area contributed by atoms with Crippen molar-refractivity contribution in [1.82, 2.24) is 4.98 Å². The van der Waals surface area contributed by atoms with Crippen LogP contribution in [0.1, 0.15) is 21.5 Å². The second kappa shape index (κ2) is 9.61. The van der Waals surface area contributed by atoms with Gasteiger partial charge in [-0.1, -0.05) is 12.1 Å². The van der Waals surface area contributed by atoms with Gasteiger partial charge in [0, 0.05) is 29.8 Å². The Morgan fingerprint density at radius 3 is 2.70 bits per heavy atom. The van der Waals surface area contributed by atoms with E-state index in [-0.39, 0.29) is 5.56 Å². The maximum Gasteiger partial charge on any atom is 0.261 e. The minimum absolute atomic E-state index is 0.0245. The van der Waals surface area contributed by atoms with Crippen LogP contribution in [-0.4, -0.2) is 50.6 Å². The van der Waals surface area contributed by atoms with Gasteiger partial charge in [0.2, 0.25) is 0 Å². The highest BCUT2D eigenvalue weighted by molar-refractivity contribution is 6.08. The SMILES string of the molecule is COCCOc1cc2cc(C(=O)Nc3cc(C4=NN=NC4)ccc3C)c(=O)[nH]c2cc1OC. The number of hydrogen-bond acceptors (Lipinski definition) is 8. The smallest absolute Gasteiger partial charge is 0.261 e. The molecule has 10 nitrogen and oxygen atoms in total. The number of fused-ring (bicyclic) bond motifs is 1. The average Bonchev–Trinajstić information content (AvgIpc) is 3.35. The highest BCUT2D eigenvalue weighted by Gasteiger charge is 2.17. The predicted molar refractivity (Wildman–Crippen MR) is 124 cm³/mol. The number of amides is 1. The predicted octanol–water partition coefficient (Wildman–Crippen LogP) is 3.29. The summed E-state index contributed by atoms with van der Waals surface area (Å²) in [7, 11) is 3.10. The Kier molecular flexibility index (Phi) is 6.45. The molecule has 1 amide bonds. The lowest BCUT2D eigenvalue weighted by atomic mass is 10.1. The first-order valence-electron chi connectivity index (χ1n) is 10.2. The molecule has 0 unspecified atom stereocenters. The standard InChI is InChI=1S/C23H23N5O5/c1-13-4-5-14(19-12-24-28-27-19)9-17(13)25-22(29)16-8-15-10-21(33-7-6-31-2)20(32-3)11-18(15)26-23(16)30/h4-5,8-11H,6-7,12H2,1-3H3,(H,25,29)(H,26,30). The number of benzene rings is 2. The van der Waals surface area contributed by atoms with E-state index in [4.69, 9.17) is 14.2 Å². The first-order chi connectivity index (χ1) is 16.0. The Balaban J connectivity index is 1.65. The molecular formula is C23H23N5O5. The fourth-order valence-electron chi connectivity index (χ4n) is 3.38. The number of hydrogen-bond donors (Lipinski definition) is 2. The molecule has 3 aromatic rings. The molecule has 0 spiro atoms. The first kappa shape index (κ1) is 22.2. The number of rotatable bonds is 8. The van der Waals surface area contributed by atoms with Crippen LogP contribution in [-0.2, 0) is 4.74 Å². The molecule has 0 saturated heterocycles. The molecule has 2 N–H and O–H groups in total. The molecule has 0 aliphatic carbocycles. The number of H-pyrrole nitrogens is 1. The fourth-order valence-corrected chi connectivity index (χ4v) is 3.38. The molecule has 170 valence electrons. The van der Waals surface area contributed by atoms with Crippen LogP contribution in [0.25, 0.3) is 10.9 Å². The number of aryl methyl sites for hydroxylation is 1. The summed E-state index contributed by atoms with van der Waals surface area (Å²) in [5.74, 6) is 0.420. The second-order valence-corrected chi connectivity index (χ2v) is 7.36. The number of aromatic nitrogens is 1. The van der Waals surface area contributed by atoms with Gasteiger partial charge in [-0.15, -0.1) is 5.10 Å². The number of ether oxygens (including phenoxy) is 3. The van der Waals surface area contributed by atoms with E-state index in [2.05, 4.69) is 25.7 Å². The van der Waals surface area contributed by atoms with Crippen molar-refractivity contribution in [2.24, 2.45) is 15.4 Å². The maximum atomic E-state index is 13.0. The molecule has 0 radical (unpaired) electrons. The van der Waals surface area contributed by atoms with Crippen LogP contribution in [0.15, 0.2) is 56.6 Å². The van der Waals surface area contributed by atoms with E-state index in [1.165, 1.54) is 13.2 Å². The Labute approximate surface area is 189 Å². The lowest BCUT2D eigenvalue weighted by Crippen LogP contribution is -2.23. The van der Waals surface area contributed by atoms with Crippen LogP contribution in [0, 0.1) is 6.92 Å². The number of nitrogens with zero attached hydrogens (tertiary/aromatic N) is 3. The van der Waals surface area contributed by atoms with Gasteiger partial charge < -0.3 is 24.5 Å². The van der Waals surface area contributed by atoms with E-state index in [0.29, 0.717) is 53.6 Å². The summed E-state index contributed by atoms with van der Waals surface area (Å²) < 4.78 is 16.1. The van der Waals surface area contributed by atoms with E-state index in [1.54, 1.807) is 25.3 Å². The van der Waals surface area contributed by atoms with Crippen LogP contribution in [0.3, 0.4) is 0 Å². The van der Waals surface area contributed by atoms with Gasteiger partial charge in [-0.05, 0) is 35.9 Å². The largest absolute Gasteiger partial charge is 0.493 e. The monoisotopic (exact) mass is 449 g/mol. The topological polar surface area (TPSA) is 127 Å². The van der Waals surface area contributed by atoms with Crippen molar-refractivity contribution in [3.63, 3.8) is 0 Å². The van der Waals surface area contributed by atoms with E-state index in [0.717, 1.165) is 11.1 Å². The molecule has 10 heteroatoms. The second-order valence-electron chi connectivity index (χ2n) is 7.36. The molecule has 0 bridgehead atoms. The molecule has 1 aliphatic heterocycles. The maximum absolute atomic E-state index is 13.0. The average molecular weight is 449 g/mol. The van der Waals surface area contributed by atoms with Gasteiger partial charge in [0.15, 0.2) is 11.5 Å². The third-order valence-corrected chi connectivity index (χ3v) is 5.19. The molecule has 2 heterocycles. The molecule has 0 saturated carbocycles. The number of carbonyl (C=O) groups excluding carboxylic acids is 1. The van der Waals surface area contributed by atoms with Gasteiger partial charge >= 0.3 is 0 Å². The van der Waals surface area contributed by atoms with Crippen molar-refractivity contribution in [1.29, 1.82) is 0 Å². The minimum Gasteiger partial charge on any atom is -0.493 e. The number of carbonyl (C=O) groups is 1. The van der Waals surface area contributed by atoms with Gasteiger partial charge in [-0.3, -0.25) is 9.59 Å². The summed E-state index contributed by atoms with van der Waals surface area (Å²) in [5, 5.41) is 14.9. The molecule has 33 heavy (non-hydrogen) atoms. The molecule has 1 aromatic heterocycles. The van der Waals surface area contributed by atoms with Crippen LogP contribution in [0.2, 0.25) is 0 Å². The number of pyridine rings is 1. The van der Waals surface area contributed by atoms with Gasteiger partial charge in [0.25, 0.3) is 11.5 Å². The van der Waals surface area contributed by atoms with E-state index in [9.17, 15) is 9.59 Å². The van der Waals surface area contributed by atoms with Crippen LogP contribution < -0.4 is 20.3 Å². The zero-order chi connectivity index (χ0) is 23.4. The van der Waals surface area contributed by atoms with Crippen LogP contribution in [0.4, 0.5) is 5.69 Å². The quantitative estimate of drug-likeness (QED) is 0.510. The minimum atomic E-state index is -0.529. The van der Waals surface area contributed by atoms with Crippen LogP contribution >= 0.6 is 0 Å². The first-order valence-corrected chi connectivity index (χ1v) is 10.2. The van der Waals surface area contributed by atoms with Gasteiger partial charge in [0.05, 0.1) is 24.9 Å². The van der Waals surface area contributed by atoms with Gasteiger partial charge in [-0.2, -0.15) is 5.11 Å². The number of anilines is 1. The molecular weight excluding hydrogens is 426 g/mol. The molecule has 0 atom stereocenters. The summed E-state index contributed by atoms with van der Waals surface area (Å²) in [6.07, 6.45) is 0. The van der Waals surface area contributed by atoms with Crippen molar-refractivity contribution in [2.45, 2.75) is 6.92 Å². The van der Waals surface area contributed by atoms with Crippen molar-refractivity contribution < 1.29 is 19.0 Å². The van der Waals surface area contributed by atoms with E-state index < -0.39 is 11.5 Å². The third-order valence-electron chi connectivity index (χ3n) is 5.19. The normalized spacial score (nSPS) is 12.6. The zero-order valence-corrected chi connectivity index (χ0v) is 18.5. The molecule has 0 fully saturated rings. The fraction of sp³-hybridized carbons (Fsp3) is 0.261. The Hall–Kier alpha value is -4.05. The lowest BCUT2D eigenvalue weighted by Gasteiger charge is -2.13. The van der Waals surface area contributed by atoms with Gasteiger partial charge in [0.1, 0.15) is 18.7 Å². The summed E-state index contributed by atoms with van der Waals surface area (Å²) in [4.78, 5) is 28.4. The summed E-state index contributed by atoms with van der Waals surface area (Å²) >= 11 is 0. The number of nitrogens with one attached hydrogen (secondary N) is 2. The van der Waals surface area contributed by atoms with Gasteiger partial charge in [-0.25, -0.2) is 0 Å². The third kappa shape index (κ3) is 4.75. The summed E-state index contributed by atoms with van der Waals surface area (Å²) in [5.41, 5.74) is 2.92. The van der Waals surface area contributed by atoms with Crippen molar-refractivity contribution in [3.8, 4) is 11.5 Å². The van der Waals surface area contributed by atoms with E-state index >= 15 is 0 Å². The summed E-state index contributed by atoms with van der Waals surface area (Å²) in [6.45, 7) is 2.99. The molecule has 4 rings (SSSR count). The van der Waals surface area contributed by atoms with Crippen molar-refractivity contribution in [3.05, 3.63) is 63.4 Å². The van der Waals surface area contributed by atoms with E-state index in [1.807, 2.05) is 19.1 Å². The molecule has 1 aliphatic rings. The molecule has 2 aromatic carbocycles. The van der Waals surface area contributed by atoms with Crippen LogP contribution in [0.5, 0.6) is 11.5 Å². The number of methoxy groups -OCH3 is 2. The van der Waals surface area contributed by atoms with Crippen molar-refractivity contribution in [2.75, 3.05) is 39.3 Å². The zero-order valence-electron chi connectivity index (χ0n) is 18.5. The highest BCUT2D eigenvalue weighted by atomic mass is 16.5. The Morgan fingerprint density at radius 2 is 1.97 bits per heavy atom. The highest BCUT2D eigenvalue weighted by Crippen LogP contribution is 2.31.